The number of ether oxygens (including phenoxy) is 4. The number of rotatable bonds is 3. The summed E-state index contributed by atoms with van der Waals surface area (Å²) >= 11 is 0. The van der Waals surface area contributed by atoms with Crippen LogP contribution in [0.5, 0.6) is 17.2 Å². The summed E-state index contributed by atoms with van der Waals surface area (Å²) in [7, 11) is 0. The molecule has 4 heteroatoms. The van der Waals surface area contributed by atoms with Gasteiger partial charge in [0.05, 0.1) is 6.61 Å². The molecule has 0 aromatic heterocycles. The average Bonchev–Trinajstić information content (AvgIpc) is 2.92. The zero-order valence-electron chi connectivity index (χ0n) is 7.56. The molecule has 1 aromatic rings. The van der Waals surface area contributed by atoms with E-state index in [9.17, 15) is 0 Å². The smallest absolute Gasteiger partial charge is 0.231 e. The second-order valence-electron chi connectivity index (χ2n) is 3.28. The Morgan fingerprint density at radius 1 is 1.29 bits per heavy atom. The van der Waals surface area contributed by atoms with Crippen LogP contribution < -0.4 is 14.2 Å². The van der Waals surface area contributed by atoms with Crippen molar-refractivity contribution in [2.45, 2.75) is 6.10 Å². The fraction of sp³-hybridized carbons (Fsp3) is 0.400. The van der Waals surface area contributed by atoms with Crippen molar-refractivity contribution in [3.63, 3.8) is 0 Å². The molecular weight excluding hydrogens is 184 g/mol. The molecular formula is C10H10O4. The van der Waals surface area contributed by atoms with Crippen molar-refractivity contribution in [3.8, 4) is 17.2 Å². The molecule has 1 fully saturated rings. The third-order valence-electron chi connectivity index (χ3n) is 2.18. The van der Waals surface area contributed by atoms with Crippen molar-refractivity contribution in [2.75, 3.05) is 20.0 Å². The normalized spacial score (nSPS) is 22.1. The van der Waals surface area contributed by atoms with Gasteiger partial charge in [0.2, 0.25) is 6.79 Å². The summed E-state index contributed by atoms with van der Waals surface area (Å²) in [5.41, 5.74) is 0. The van der Waals surface area contributed by atoms with Gasteiger partial charge in [-0.3, -0.25) is 0 Å². The topological polar surface area (TPSA) is 40.2 Å². The molecule has 1 saturated heterocycles. The standard InChI is InChI=1S/C10H10O4/c1-2-9-10(14-6-13-9)3-7(1)11-4-8-5-12-8/h1-3,8H,4-6H2/t8-/m0/s1. The predicted molar refractivity (Wildman–Crippen MR) is 47.8 cm³/mol. The van der Waals surface area contributed by atoms with Crippen molar-refractivity contribution in [1.82, 2.24) is 0 Å². The van der Waals surface area contributed by atoms with Gasteiger partial charge in [-0.1, -0.05) is 0 Å². The van der Waals surface area contributed by atoms with Crippen LogP contribution in [0.3, 0.4) is 0 Å². The van der Waals surface area contributed by atoms with Crippen molar-refractivity contribution >= 4 is 0 Å². The van der Waals surface area contributed by atoms with Gasteiger partial charge in [0.25, 0.3) is 0 Å². The van der Waals surface area contributed by atoms with Crippen molar-refractivity contribution in [2.24, 2.45) is 0 Å². The van der Waals surface area contributed by atoms with Crippen molar-refractivity contribution in [3.05, 3.63) is 18.2 Å². The van der Waals surface area contributed by atoms with Crippen LogP contribution in [0.4, 0.5) is 0 Å². The summed E-state index contributed by atoms with van der Waals surface area (Å²) in [5, 5.41) is 0. The number of epoxide rings is 1. The van der Waals surface area contributed by atoms with E-state index in [0.29, 0.717) is 13.4 Å². The molecule has 0 N–H and O–H groups in total. The Labute approximate surface area is 81.3 Å². The molecule has 0 amide bonds. The van der Waals surface area contributed by atoms with E-state index in [1.54, 1.807) is 0 Å². The maximum Gasteiger partial charge on any atom is 0.231 e. The molecule has 2 aliphatic rings. The molecule has 1 atom stereocenters. The predicted octanol–water partition coefficient (Wildman–Crippen LogP) is 1.19. The minimum absolute atomic E-state index is 0.278. The van der Waals surface area contributed by atoms with Crippen LogP contribution in [0.1, 0.15) is 0 Å². The zero-order valence-corrected chi connectivity index (χ0v) is 7.56. The number of hydrogen-bond acceptors (Lipinski definition) is 4. The zero-order chi connectivity index (χ0) is 9.38. The van der Waals surface area contributed by atoms with Crippen LogP contribution in [-0.4, -0.2) is 26.1 Å². The second-order valence-corrected chi connectivity index (χ2v) is 3.28. The number of benzene rings is 1. The SMILES string of the molecule is c1cc2c(cc1OC[C@H]1CO1)OCO2. The fourth-order valence-corrected chi connectivity index (χ4v) is 1.32. The van der Waals surface area contributed by atoms with Crippen molar-refractivity contribution < 1.29 is 18.9 Å². The van der Waals surface area contributed by atoms with Gasteiger partial charge in [-0.05, 0) is 12.1 Å². The lowest BCUT2D eigenvalue weighted by molar-refractivity contribution is 0.173. The van der Waals surface area contributed by atoms with Gasteiger partial charge in [0.1, 0.15) is 18.5 Å². The highest BCUT2D eigenvalue weighted by Crippen LogP contribution is 2.35. The Hall–Kier alpha value is -1.42. The van der Waals surface area contributed by atoms with Gasteiger partial charge < -0.3 is 18.9 Å². The molecule has 1 aromatic carbocycles. The highest BCUT2D eigenvalue weighted by atomic mass is 16.7. The van der Waals surface area contributed by atoms with Gasteiger partial charge >= 0.3 is 0 Å². The molecule has 2 heterocycles. The molecule has 0 bridgehead atoms. The van der Waals surface area contributed by atoms with E-state index in [1.165, 1.54) is 0 Å². The summed E-state index contributed by atoms with van der Waals surface area (Å²) in [6.07, 6.45) is 0.278. The Bertz CT molecular complexity index is 346. The Kier molecular flexibility index (Phi) is 1.73. The molecule has 0 unspecified atom stereocenters. The van der Waals surface area contributed by atoms with E-state index in [1.807, 2.05) is 18.2 Å². The molecule has 3 rings (SSSR count). The van der Waals surface area contributed by atoms with E-state index in [-0.39, 0.29) is 6.10 Å². The maximum atomic E-state index is 5.49. The minimum Gasteiger partial charge on any atom is -0.491 e. The maximum absolute atomic E-state index is 5.49. The molecule has 2 aliphatic heterocycles. The van der Waals surface area contributed by atoms with Crippen LogP contribution in [0.25, 0.3) is 0 Å². The van der Waals surface area contributed by atoms with E-state index < -0.39 is 0 Å². The first kappa shape index (κ1) is 7.94. The molecule has 4 nitrogen and oxygen atoms in total. The number of hydrogen-bond donors (Lipinski definition) is 0. The van der Waals surface area contributed by atoms with Crippen molar-refractivity contribution in [1.29, 1.82) is 0 Å². The Balaban J connectivity index is 1.71. The molecule has 0 radical (unpaired) electrons. The van der Waals surface area contributed by atoms with Gasteiger partial charge in [-0.25, -0.2) is 0 Å². The van der Waals surface area contributed by atoms with Gasteiger partial charge in [0.15, 0.2) is 11.5 Å². The Morgan fingerprint density at radius 2 is 2.14 bits per heavy atom. The molecule has 0 spiro atoms. The third-order valence-corrected chi connectivity index (χ3v) is 2.18. The summed E-state index contributed by atoms with van der Waals surface area (Å²) in [5.74, 6) is 2.32. The monoisotopic (exact) mass is 194 g/mol. The van der Waals surface area contributed by atoms with E-state index >= 15 is 0 Å². The lowest BCUT2D eigenvalue weighted by atomic mass is 10.3. The first-order valence-corrected chi connectivity index (χ1v) is 4.56. The van der Waals surface area contributed by atoms with Crippen LogP contribution in [0, 0.1) is 0 Å². The molecule has 74 valence electrons. The van der Waals surface area contributed by atoms with Crippen LogP contribution >= 0.6 is 0 Å². The minimum atomic E-state index is 0.278. The second kappa shape index (κ2) is 3.06. The highest BCUT2D eigenvalue weighted by Gasteiger charge is 2.23. The first-order valence-electron chi connectivity index (χ1n) is 4.56. The van der Waals surface area contributed by atoms with E-state index in [2.05, 4.69) is 0 Å². The number of fused-ring (bicyclic) bond motifs is 1. The third kappa shape index (κ3) is 1.48. The fourth-order valence-electron chi connectivity index (χ4n) is 1.32. The first-order chi connectivity index (χ1) is 6.92. The molecule has 14 heavy (non-hydrogen) atoms. The van der Waals surface area contributed by atoms with Gasteiger partial charge in [-0.2, -0.15) is 0 Å². The lowest BCUT2D eigenvalue weighted by Crippen LogP contribution is -2.03. The largest absolute Gasteiger partial charge is 0.491 e. The summed E-state index contributed by atoms with van der Waals surface area (Å²) < 4.78 is 21.0. The van der Waals surface area contributed by atoms with Gasteiger partial charge in [0, 0.05) is 6.07 Å². The molecule has 0 aliphatic carbocycles. The summed E-state index contributed by atoms with van der Waals surface area (Å²) in [6.45, 7) is 1.72. The highest BCUT2D eigenvalue weighted by molar-refractivity contribution is 5.46. The van der Waals surface area contributed by atoms with Gasteiger partial charge in [-0.15, -0.1) is 0 Å². The quantitative estimate of drug-likeness (QED) is 0.678. The Morgan fingerprint density at radius 3 is 3.00 bits per heavy atom. The lowest BCUT2D eigenvalue weighted by Gasteiger charge is -2.04. The summed E-state index contributed by atoms with van der Waals surface area (Å²) in [6, 6.07) is 5.56. The van der Waals surface area contributed by atoms with Crippen LogP contribution in [0.2, 0.25) is 0 Å². The van der Waals surface area contributed by atoms with Crippen LogP contribution in [0.15, 0.2) is 18.2 Å². The van der Waals surface area contributed by atoms with E-state index in [4.69, 9.17) is 18.9 Å². The average molecular weight is 194 g/mol. The van der Waals surface area contributed by atoms with Crippen LogP contribution in [-0.2, 0) is 4.74 Å². The van der Waals surface area contributed by atoms with E-state index in [0.717, 1.165) is 23.9 Å². The molecule has 0 saturated carbocycles. The summed E-state index contributed by atoms with van der Waals surface area (Å²) in [4.78, 5) is 0.